The highest BCUT2D eigenvalue weighted by atomic mass is 16.4. The minimum atomic E-state index is -0.897. The van der Waals surface area contributed by atoms with E-state index in [2.05, 4.69) is 15.3 Å². The molecule has 2 aromatic heterocycles. The van der Waals surface area contributed by atoms with Gasteiger partial charge in [-0.25, -0.2) is 4.79 Å². The zero-order chi connectivity index (χ0) is 13.4. The second kappa shape index (κ2) is 6.95. The molecule has 1 amide bonds. The molecule has 0 spiro atoms. The molecule has 0 saturated heterocycles. The van der Waals surface area contributed by atoms with Crippen molar-refractivity contribution in [2.24, 2.45) is 0 Å². The standard InChI is InChI=1S/C7H10N2O.C5H5NO2/c1-2-9-7(10)6-3-4-8-5-6;7-5(8)4-1-2-6-3-4/h3-5,8H,2H2,1H3,(H,9,10);1-3,6H,(H,7,8). The van der Waals surface area contributed by atoms with Crippen LogP contribution in [0.5, 0.6) is 0 Å². The lowest BCUT2D eigenvalue weighted by Gasteiger charge is -1.96. The number of carboxylic acid groups (broad SMARTS) is 1. The summed E-state index contributed by atoms with van der Waals surface area (Å²) in [6, 6.07) is 3.24. The van der Waals surface area contributed by atoms with E-state index < -0.39 is 5.97 Å². The smallest absolute Gasteiger partial charge is 0.337 e. The Bertz CT molecular complexity index is 475. The van der Waals surface area contributed by atoms with E-state index >= 15 is 0 Å². The van der Waals surface area contributed by atoms with Gasteiger partial charge in [-0.1, -0.05) is 0 Å². The van der Waals surface area contributed by atoms with Crippen molar-refractivity contribution in [3.63, 3.8) is 0 Å². The quantitative estimate of drug-likeness (QED) is 0.663. The van der Waals surface area contributed by atoms with Crippen molar-refractivity contribution in [1.82, 2.24) is 15.3 Å². The molecule has 0 aliphatic rings. The Morgan fingerprint density at radius 2 is 1.72 bits per heavy atom. The zero-order valence-corrected chi connectivity index (χ0v) is 9.93. The highest BCUT2D eigenvalue weighted by molar-refractivity contribution is 5.93. The maximum atomic E-state index is 11.0. The lowest BCUT2D eigenvalue weighted by Crippen LogP contribution is -2.21. The monoisotopic (exact) mass is 249 g/mol. The Balaban J connectivity index is 0.000000184. The number of carboxylic acids is 1. The maximum absolute atomic E-state index is 11.0. The molecule has 0 unspecified atom stereocenters. The van der Waals surface area contributed by atoms with Gasteiger partial charge in [0.05, 0.1) is 11.1 Å². The van der Waals surface area contributed by atoms with Crippen LogP contribution < -0.4 is 5.32 Å². The van der Waals surface area contributed by atoms with Crippen LogP contribution in [-0.4, -0.2) is 33.5 Å². The molecule has 96 valence electrons. The number of hydrogen-bond donors (Lipinski definition) is 4. The van der Waals surface area contributed by atoms with E-state index in [4.69, 9.17) is 5.11 Å². The topological polar surface area (TPSA) is 98.0 Å². The molecule has 0 fully saturated rings. The largest absolute Gasteiger partial charge is 0.478 e. The Labute approximate surface area is 104 Å². The molecule has 0 radical (unpaired) electrons. The summed E-state index contributed by atoms with van der Waals surface area (Å²) in [6.45, 7) is 2.56. The van der Waals surface area contributed by atoms with Crippen molar-refractivity contribution in [3.05, 3.63) is 48.0 Å². The highest BCUT2D eigenvalue weighted by Crippen LogP contribution is 1.94. The second-order valence-corrected chi connectivity index (χ2v) is 3.36. The van der Waals surface area contributed by atoms with Crippen molar-refractivity contribution >= 4 is 11.9 Å². The van der Waals surface area contributed by atoms with Crippen LogP contribution in [0.1, 0.15) is 27.6 Å². The molecule has 0 saturated carbocycles. The average molecular weight is 249 g/mol. The molecule has 6 heteroatoms. The first-order valence-corrected chi connectivity index (χ1v) is 5.42. The Morgan fingerprint density at radius 3 is 2.06 bits per heavy atom. The molecule has 4 N–H and O–H groups in total. The van der Waals surface area contributed by atoms with Crippen LogP contribution in [0.3, 0.4) is 0 Å². The summed E-state index contributed by atoms with van der Waals surface area (Å²) in [5, 5.41) is 10.9. The van der Waals surface area contributed by atoms with Gasteiger partial charge in [0.1, 0.15) is 0 Å². The third kappa shape index (κ3) is 4.17. The van der Waals surface area contributed by atoms with Crippen molar-refractivity contribution in [3.8, 4) is 0 Å². The fourth-order valence-corrected chi connectivity index (χ4v) is 1.18. The van der Waals surface area contributed by atoms with Gasteiger partial charge in [0.2, 0.25) is 0 Å². The molecule has 2 aromatic rings. The lowest BCUT2D eigenvalue weighted by molar-refractivity contribution is 0.0697. The van der Waals surface area contributed by atoms with Gasteiger partial charge in [0.25, 0.3) is 5.91 Å². The van der Waals surface area contributed by atoms with Gasteiger partial charge in [0.15, 0.2) is 0 Å². The summed E-state index contributed by atoms with van der Waals surface area (Å²) in [7, 11) is 0. The Morgan fingerprint density at radius 1 is 1.17 bits per heavy atom. The highest BCUT2D eigenvalue weighted by Gasteiger charge is 2.01. The summed E-state index contributed by atoms with van der Waals surface area (Å²) in [5.74, 6) is -0.921. The fraction of sp³-hybridized carbons (Fsp3) is 0.167. The first-order chi connectivity index (χ1) is 8.65. The maximum Gasteiger partial charge on any atom is 0.337 e. The number of aromatic carboxylic acids is 1. The predicted molar refractivity (Wildman–Crippen MR) is 66.6 cm³/mol. The van der Waals surface area contributed by atoms with E-state index in [0.29, 0.717) is 17.7 Å². The molecule has 18 heavy (non-hydrogen) atoms. The SMILES string of the molecule is CCNC(=O)c1cc[nH]c1.O=C(O)c1cc[nH]c1. The third-order valence-electron chi connectivity index (χ3n) is 2.04. The number of H-pyrrole nitrogens is 2. The van der Waals surface area contributed by atoms with E-state index in [1.807, 2.05) is 6.92 Å². The van der Waals surface area contributed by atoms with Gasteiger partial charge in [-0.05, 0) is 19.1 Å². The van der Waals surface area contributed by atoms with Crippen LogP contribution in [0, 0.1) is 0 Å². The number of aromatic nitrogens is 2. The number of amides is 1. The number of nitrogens with one attached hydrogen (secondary N) is 3. The van der Waals surface area contributed by atoms with Crippen LogP contribution in [0.4, 0.5) is 0 Å². The van der Waals surface area contributed by atoms with Gasteiger partial charge in [-0.2, -0.15) is 0 Å². The van der Waals surface area contributed by atoms with Gasteiger partial charge in [0, 0.05) is 31.3 Å². The molecule has 2 heterocycles. The zero-order valence-electron chi connectivity index (χ0n) is 9.93. The van der Waals surface area contributed by atoms with Gasteiger partial charge in [-0.3, -0.25) is 4.79 Å². The minimum absolute atomic E-state index is 0.0243. The summed E-state index contributed by atoms with van der Waals surface area (Å²) in [4.78, 5) is 26.5. The molecule has 0 atom stereocenters. The van der Waals surface area contributed by atoms with E-state index in [1.165, 1.54) is 12.3 Å². The fourth-order valence-electron chi connectivity index (χ4n) is 1.18. The van der Waals surface area contributed by atoms with Crippen LogP contribution in [-0.2, 0) is 0 Å². The van der Waals surface area contributed by atoms with Crippen LogP contribution in [0.15, 0.2) is 36.9 Å². The molecule has 0 aliphatic heterocycles. The number of carbonyl (C=O) groups is 2. The van der Waals surface area contributed by atoms with E-state index in [1.54, 1.807) is 24.7 Å². The van der Waals surface area contributed by atoms with Gasteiger partial charge >= 0.3 is 5.97 Å². The second-order valence-electron chi connectivity index (χ2n) is 3.36. The minimum Gasteiger partial charge on any atom is -0.478 e. The predicted octanol–water partition coefficient (Wildman–Crippen LogP) is 1.48. The Kier molecular flexibility index (Phi) is 5.24. The first-order valence-electron chi connectivity index (χ1n) is 5.42. The molecule has 6 nitrogen and oxygen atoms in total. The summed E-state index contributed by atoms with van der Waals surface area (Å²) >= 11 is 0. The molecular formula is C12H15N3O3. The normalized spacial score (nSPS) is 9.17. The van der Waals surface area contributed by atoms with Crippen molar-refractivity contribution in [2.75, 3.05) is 6.54 Å². The molecule has 0 aliphatic carbocycles. The van der Waals surface area contributed by atoms with Gasteiger partial charge < -0.3 is 20.4 Å². The molecule has 2 rings (SSSR count). The van der Waals surface area contributed by atoms with Crippen LogP contribution >= 0.6 is 0 Å². The van der Waals surface area contributed by atoms with Gasteiger partial charge in [-0.15, -0.1) is 0 Å². The van der Waals surface area contributed by atoms with Crippen molar-refractivity contribution < 1.29 is 14.7 Å². The molecular weight excluding hydrogens is 234 g/mol. The molecule has 0 bridgehead atoms. The summed E-state index contributed by atoms with van der Waals surface area (Å²) < 4.78 is 0. The summed E-state index contributed by atoms with van der Waals surface area (Å²) in [5.41, 5.74) is 0.979. The number of aromatic amines is 2. The van der Waals surface area contributed by atoms with Crippen molar-refractivity contribution in [1.29, 1.82) is 0 Å². The third-order valence-corrected chi connectivity index (χ3v) is 2.04. The number of carbonyl (C=O) groups excluding carboxylic acids is 1. The number of rotatable bonds is 3. The van der Waals surface area contributed by atoms with Crippen LogP contribution in [0.2, 0.25) is 0 Å². The molecule has 0 aromatic carbocycles. The van der Waals surface area contributed by atoms with E-state index in [9.17, 15) is 9.59 Å². The van der Waals surface area contributed by atoms with E-state index in [0.717, 1.165) is 0 Å². The van der Waals surface area contributed by atoms with Crippen LogP contribution in [0.25, 0.3) is 0 Å². The van der Waals surface area contributed by atoms with E-state index in [-0.39, 0.29) is 5.91 Å². The number of hydrogen-bond acceptors (Lipinski definition) is 2. The Hall–Kier alpha value is -2.50. The summed E-state index contributed by atoms with van der Waals surface area (Å²) in [6.07, 6.45) is 6.40. The van der Waals surface area contributed by atoms with Crippen molar-refractivity contribution in [2.45, 2.75) is 6.92 Å². The average Bonchev–Trinajstić information content (AvgIpc) is 3.04. The lowest BCUT2D eigenvalue weighted by atomic mass is 10.3. The first kappa shape index (κ1) is 13.6.